The molecule has 3 rings (SSSR count). The minimum Gasteiger partial charge on any atom is -0.497 e. The van der Waals surface area contributed by atoms with Crippen LogP contribution in [0.25, 0.3) is 0 Å². The summed E-state index contributed by atoms with van der Waals surface area (Å²) in [5.41, 5.74) is 0.761. The van der Waals surface area contributed by atoms with Gasteiger partial charge < -0.3 is 10.1 Å². The monoisotopic (exact) mass is 492 g/mol. The van der Waals surface area contributed by atoms with Crippen molar-refractivity contribution < 1.29 is 22.9 Å². The lowest BCUT2D eigenvalue weighted by Gasteiger charge is -2.12. The molecule has 0 spiro atoms. The highest BCUT2D eigenvalue weighted by Gasteiger charge is 2.23. The summed E-state index contributed by atoms with van der Waals surface area (Å²) in [4.78, 5) is 23.1. The van der Waals surface area contributed by atoms with Crippen molar-refractivity contribution in [2.24, 2.45) is 0 Å². The molecular formula is C21H21ClN4O6S. The summed E-state index contributed by atoms with van der Waals surface area (Å²) in [7, 11) is -2.50. The van der Waals surface area contributed by atoms with Crippen molar-refractivity contribution in [1.82, 2.24) is 9.78 Å². The number of nitrogens with one attached hydrogen (secondary N) is 1. The van der Waals surface area contributed by atoms with Crippen LogP contribution in [0, 0.1) is 24.0 Å². The van der Waals surface area contributed by atoms with Gasteiger partial charge in [0.05, 0.1) is 28.4 Å². The first kappa shape index (κ1) is 24.2. The van der Waals surface area contributed by atoms with Crippen molar-refractivity contribution in [1.29, 1.82) is 0 Å². The maximum Gasteiger partial charge on any atom is 0.312 e. The van der Waals surface area contributed by atoms with Crippen molar-refractivity contribution in [2.75, 3.05) is 12.4 Å². The van der Waals surface area contributed by atoms with Crippen LogP contribution < -0.4 is 10.1 Å². The van der Waals surface area contributed by atoms with Gasteiger partial charge in [-0.25, -0.2) is 8.42 Å². The van der Waals surface area contributed by atoms with Gasteiger partial charge in [-0.1, -0.05) is 11.6 Å². The highest BCUT2D eigenvalue weighted by Crippen LogP contribution is 2.29. The first-order valence-electron chi connectivity index (χ1n) is 9.71. The van der Waals surface area contributed by atoms with Crippen molar-refractivity contribution in [3.05, 3.63) is 69.0 Å². The summed E-state index contributed by atoms with van der Waals surface area (Å²) in [6, 6.07) is 9.91. The fourth-order valence-corrected chi connectivity index (χ4v) is 4.71. The molecule has 1 N–H and O–H groups in total. The fraction of sp³-hybridized carbons (Fsp3) is 0.238. The Bertz CT molecular complexity index is 1320. The summed E-state index contributed by atoms with van der Waals surface area (Å²) < 4.78 is 32.6. The van der Waals surface area contributed by atoms with Gasteiger partial charge in [0, 0.05) is 23.2 Å². The number of sulfone groups is 1. The van der Waals surface area contributed by atoms with Gasteiger partial charge in [0.15, 0.2) is 0 Å². The summed E-state index contributed by atoms with van der Waals surface area (Å²) >= 11 is 5.85. The molecule has 0 radical (unpaired) electrons. The molecule has 1 heterocycles. The van der Waals surface area contributed by atoms with E-state index in [1.807, 2.05) is 0 Å². The Morgan fingerprint density at radius 1 is 1.18 bits per heavy atom. The highest BCUT2D eigenvalue weighted by atomic mass is 35.5. The maximum absolute atomic E-state index is 13.0. The molecule has 0 unspecified atom stereocenters. The van der Waals surface area contributed by atoms with Gasteiger partial charge in [0.2, 0.25) is 15.7 Å². The lowest BCUT2D eigenvalue weighted by atomic mass is 10.3. The number of nitro groups is 1. The van der Waals surface area contributed by atoms with Gasteiger partial charge in [-0.3, -0.25) is 19.6 Å². The third kappa shape index (κ3) is 5.32. The topological polar surface area (TPSA) is 133 Å². The Kier molecular flexibility index (Phi) is 7.04. The number of aryl methyl sites for hydroxylation is 2. The average Bonchev–Trinajstić information content (AvgIpc) is 3.05. The lowest BCUT2D eigenvalue weighted by molar-refractivity contribution is -0.386. The molecule has 0 fully saturated rings. The first-order chi connectivity index (χ1) is 15.5. The van der Waals surface area contributed by atoms with Crippen LogP contribution in [0.1, 0.15) is 17.8 Å². The van der Waals surface area contributed by atoms with Crippen LogP contribution in [0.3, 0.4) is 0 Å². The average molecular weight is 493 g/mol. The molecule has 0 saturated heterocycles. The molecule has 12 heteroatoms. The second-order valence-corrected chi connectivity index (χ2v) is 9.54. The van der Waals surface area contributed by atoms with Crippen LogP contribution in [-0.2, 0) is 21.2 Å². The second-order valence-electron chi connectivity index (χ2n) is 7.15. The first-order valence-corrected chi connectivity index (χ1v) is 11.6. The molecule has 174 valence electrons. The molecule has 1 amide bonds. The zero-order valence-corrected chi connectivity index (χ0v) is 19.6. The molecule has 0 aliphatic carbocycles. The second kappa shape index (κ2) is 9.59. The van der Waals surface area contributed by atoms with Crippen molar-refractivity contribution in [2.45, 2.75) is 36.6 Å². The largest absolute Gasteiger partial charge is 0.497 e. The van der Waals surface area contributed by atoms with Crippen molar-refractivity contribution in [3.8, 4) is 5.75 Å². The number of benzene rings is 2. The maximum atomic E-state index is 13.0. The van der Waals surface area contributed by atoms with Gasteiger partial charge in [-0.2, -0.15) is 5.10 Å². The van der Waals surface area contributed by atoms with E-state index in [2.05, 4.69) is 10.4 Å². The number of nitrogens with zero attached hydrogens (tertiary/aromatic N) is 3. The molecule has 0 aliphatic rings. The van der Waals surface area contributed by atoms with Crippen LogP contribution in [0.4, 0.5) is 11.4 Å². The molecular weight excluding hydrogens is 472 g/mol. The van der Waals surface area contributed by atoms with Gasteiger partial charge in [0.1, 0.15) is 17.1 Å². The summed E-state index contributed by atoms with van der Waals surface area (Å²) in [6.45, 7) is 3.21. The quantitative estimate of drug-likeness (QED) is 0.372. The number of amides is 1. The molecule has 1 aromatic heterocycles. The van der Waals surface area contributed by atoms with E-state index < -0.39 is 20.7 Å². The molecule has 10 nitrogen and oxygen atoms in total. The minimum absolute atomic E-state index is 0.0322. The van der Waals surface area contributed by atoms with Gasteiger partial charge in [0.25, 0.3) is 0 Å². The molecule has 0 aliphatic heterocycles. The predicted octanol–water partition coefficient (Wildman–Crippen LogP) is 3.93. The number of hydrogen-bond acceptors (Lipinski definition) is 7. The number of methoxy groups -OCH3 is 1. The number of ether oxygens (including phenoxy) is 1. The normalized spacial score (nSPS) is 11.3. The number of aromatic nitrogens is 2. The third-order valence-electron chi connectivity index (χ3n) is 4.91. The Labute approximate surface area is 195 Å². The van der Waals surface area contributed by atoms with E-state index in [-0.39, 0.29) is 45.6 Å². The minimum atomic E-state index is -3.89. The number of anilines is 1. The van der Waals surface area contributed by atoms with Crippen molar-refractivity contribution in [3.63, 3.8) is 0 Å². The summed E-state index contributed by atoms with van der Waals surface area (Å²) in [6.07, 6.45) is -0.0322. The zero-order valence-electron chi connectivity index (χ0n) is 18.0. The van der Waals surface area contributed by atoms with Crippen LogP contribution in [0.2, 0.25) is 5.02 Å². The molecule has 33 heavy (non-hydrogen) atoms. The highest BCUT2D eigenvalue weighted by molar-refractivity contribution is 7.91. The van der Waals surface area contributed by atoms with E-state index in [1.54, 1.807) is 6.92 Å². The summed E-state index contributed by atoms with van der Waals surface area (Å²) in [5.74, 6) is -0.178. The fourth-order valence-electron chi connectivity index (χ4n) is 3.27. The Hall–Kier alpha value is -3.44. The van der Waals surface area contributed by atoms with E-state index in [4.69, 9.17) is 16.3 Å². The molecule has 0 bridgehead atoms. The standard InChI is InChI=1S/C21H21ClN4O6S/c1-13-21(26(28)29)14(2)25(24-13)9-8-20(27)23-16-10-17(32-3)12-19(11-16)33(30,31)18-6-4-15(22)5-7-18/h4-7,10-12H,8-9H2,1-3H3,(H,23,27). The molecule has 0 saturated carbocycles. The zero-order chi connectivity index (χ0) is 24.3. The number of carbonyl (C=O) groups is 1. The number of halogens is 1. The Morgan fingerprint density at radius 3 is 2.42 bits per heavy atom. The van der Waals surface area contributed by atoms with E-state index in [9.17, 15) is 23.3 Å². The van der Waals surface area contributed by atoms with Crippen LogP contribution in [0.15, 0.2) is 52.3 Å². The lowest BCUT2D eigenvalue weighted by Crippen LogP contribution is -2.16. The predicted molar refractivity (Wildman–Crippen MR) is 121 cm³/mol. The van der Waals surface area contributed by atoms with Gasteiger partial charge >= 0.3 is 5.69 Å². The number of hydrogen-bond donors (Lipinski definition) is 1. The van der Waals surface area contributed by atoms with Crippen LogP contribution >= 0.6 is 11.6 Å². The van der Waals surface area contributed by atoms with Gasteiger partial charge in [-0.05, 0) is 50.2 Å². The molecule has 3 aromatic rings. The van der Waals surface area contributed by atoms with E-state index in [1.165, 1.54) is 61.2 Å². The van der Waals surface area contributed by atoms with E-state index >= 15 is 0 Å². The Morgan fingerprint density at radius 2 is 1.85 bits per heavy atom. The number of carbonyl (C=O) groups excluding carboxylic acids is 1. The van der Waals surface area contributed by atoms with Crippen LogP contribution in [-0.4, -0.2) is 36.1 Å². The van der Waals surface area contributed by atoms with E-state index in [0.717, 1.165) is 0 Å². The SMILES string of the molecule is COc1cc(NC(=O)CCn2nc(C)c([N+](=O)[O-])c2C)cc(S(=O)(=O)c2ccc(Cl)cc2)c1. The Balaban J connectivity index is 1.80. The molecule has 0 atom stereocenters. The van der Waals surface area contributed by atoms with E-state index in [0.29, 0.717) is 10.7 Å². The van der Waals surface area contributed by atoms with Crippen LogP contribution in [0.5, 0.6) is 5.75 Å². The molecule has 2 aromatic carbocycles. The van der Waals surface area contributed by atoms with Gasteiger partial charge in [-0.15, -0.1) is 0 Å². The number of rotatable bonds is 8. The van der Waals surface area contributed by atoms with Crippen molar-refractivity contribution >= 4 is 38.7 Å². The third-order valence-corrected chi connectivity index (χ3v) is 6.91. The summed E-state index contributed by atoms with van der Waals surface area (Å²) in [5, 5.41) is 18.3. The smallest absolute Gasteiger partial charge is 0.312 e.